The van der Waals surface area contributed by atoms with Gasteiger partial charge in [0.15, 0.2) is 0 Å². The third-order valence-electron chi connectivity index (χ3n) is 4.69. The number of rotatable bonds is 6. The van der Waals surface area contributed by atoms with E-state index in [1.165, 1.54) is 0 Å². The van der Waals surface area contributed by atoms with E-state index < -0.39 is 6.04 Å². The van der Waals surface area contributed by atoms with Gasteiger partial charge in [0.1, 0.15) is 6.04 Å². The molecule has 1 aliphatic rings. The molecule has 7 nitrogen and oxygen atoms in total. The molecular formula is C20H25N5O2. The molecule has 1 aromatic heterocycles. The monoisotopic (exact) mass is 367 g/mol. The normalized spacial score (nSPS) is 17.8. The van der Waals surface area contributed by atoms with E-state index >= 15 is 0 Å². The van der Waals surface area contributed by atoms with Gasteiger partial charge in [-0.15, -0.1) is 0 Å². The number of nitrogens with one attached hydrogen (secondary N) is 2. The molecule has 2 aromatic rings. The topological polar surface area (TPSA) is 87.2 Å². The highest BCUT2D eigenvalue weighted by Crippen LogP contribution is 2.20. The molecule has 0 saturated carbocycles. The molecule has 0 aliphatic carbocycles. The molecular weight excluding hydrogens is 342 g/mol. The quantitative estimate of drug-likeness (QED) is 0.808. The fourth-order valence-electron chi connectivity index (χ4n) is 3.16. The van der Waals surface area contributed by atoms with Crippen molar-refractivity contribution >= 4 is 17.8 Å². The first-order chi connectivity index (χ1) is 13.1. The van der Waals surface area contributed by atoms with Gasteiger partial charge >= 0.3 is 0 Å². The summed E-state index contributed by atoms with van der Waals surface area (Å²) in [4.78, 5) is 35.4. The van der Waals surface area contributed by atoms with Crippen molar-refractivity contribution in [2.24, 2.45) is 5.92 Å². The lowest BCUT2D eigenvalue weighted by Crippen LogP contribution is -2.50. The van der Waals surface area contributed by atoms with Gasteiger partial charge in [-0.2, -0.15) is 0 Å². The first-order valence-corrected chi connectivity index (χ1v) is 9.27. The molecule has 2 atom stereocenters. The van der Waals surface area contributed by atoms with Gasteiger partial charge in [0.2, 0.25) is 17.8 Å². The van der Waals surface area contributed by atoms with Gasteiger partial charge in [0.05, 0.1) is 5.92 Å². The lowest BCUT2D eigenvalue weighted by molar-refractivity contribution is -0.131. The fraction of sp³-hybridized carbons (Fsp3) is 0.400. The van der Waals surface area contributed by atoms with Crippen LogP contribution in [0.4, 0.5) is 5.95 Å². The summed E-state index contributed by atoms with van der Waals surface area (Å²) in [7, 11) is 0. The van der Waals surface area contributed by atoms with Gasteiger partial charge in [0.25, 0.3) is 0 Å². The van der Waals surface area contributed by atoms with E-state index in [4.69, 9.17) is 0 Å². The summed E-state index contributed by atoms with van der Waals surface area (Å²) in [6.07, 6.45) is 5.09. The Bertz CT molecular complexity index is 753. The zero-order valence-electron chi connectivity index (χ0n) is 15.5. The van der Waals surface area contributed by atoms with E-state index in [1.54, 1.807) is 25.4 Å². The Labute approximate surface area is 159 Å². The summed E-state index contributed by atoms with van der Waals surface area (Å²) >= 11 is 0. The van der Waals surface area contributed by atoms with Crippen molar-refractivity contribution in [1.82, 2.24) is 20.6 Å². The van der Waals surface area contributed by atoms with Crippen molar-refractivity contribution in [3.63, 3.8) is 0 Å². The molecule has 7 heteroatoms. The van der Waals surface area contributed by atoms with Gasteiger partial charge in [-0.05, 0) is 31.4 Å². The number of benzene rings is 1. The second-order valence-electron chi connectivity index (χ2n) is 6.77. The van der Waals surface area contributed by atoms with Crippen LogP contribution in [0.5, 0.6) is 0 Å². The van der Waals surface area contributed by atoms with Crippen molar-refractivity contribution in [1.29, 1.82) is 0 Å². The largest absolute Gasteiger partial charge is 0.350 e. The lowest BCUT2D eigenvalue weighted by atomic mass is 9.97. The first kappa shape index (κ1) is 18.8. The van der Waals surface area contributed by atoms with Crippen molar-refractivity contribution in [3.8, 4) is 0 Å². The van der Waals surface area contributed by atoms with Crippen LogP contribution in [0.15, 0.2) is 48.8 Å². The number of carbonyl (C=O) groups is 2. The Balaban J connectivity index is 1.49. The van der Waals surface area contributed by atoms with Crippen LogP contribution in [0.2, 0.25) is 0 Å². The number of piperidine rings is 1. The van der Waals surface area contributed by atoms with Crippen LogP contribution in [0.3, 0.4) is 0 Å². The maximum atomic E-state index is 12.6. The second-order valence-corrected chi connectivity index (χ2v) is 6.77. The molecule has 3 rings (SSSR count). The third-order valence-corrected chi connectivity index (χ3v) is 4.69. The highest BCUT2D eigenvalue weighted by Gasteiger charge is 2.28. The molecule has 0 bridgehead atoms. The molecule has 142 valence electrons. The molecule has 0 unspecified atom stereocenters. The summed E-state index contributed by atoms with van der Waals surface area (Å²) in [6, 6.07) is 10.9. The number of carbonyl (C=O) groups excluding carboxylic acids is 2. The molecule has 0 spiro atoms. The number of hydrogen-bond donors (Lipinski definition) is 2. The van der Waals surface area contributed by atoms with Crippen LogP contribution in [0, 0.1) is 5.92 Å². The van der Waals surface area contributed by atoms with E-state index in [0.29, 0.717) is 19.0 Å². The minimum absolute atomic E-state index is 0.0991. The number of aromatic nitrogens is 2. The van der Waals surface area contributed by atoms with E-state index in [0.717, 1.165) is 24.9 Å². The molecule has 2 heterocycles. The van der Waals surface area contributed by atoms with Crippen LogP contribution in [-0.4, -0.2) is 40.9 Å². The van der Waals surface area contributed by atoms with E-state index in [-0.39, 0.29) is 17.7 Å². The summed E-state index contributed by atoms with van der Waals surface area (Å²) < 4.78 is 0. The van der Waals surface area contributed by atoms with Crippen LogP contribution in [0.1, 0.15) is 25.3 Å². The van der Waals surface area contributed by atoms with Crippen LogP contribution in [0.25, 0.3) is 0 Å². The average molecular weight is 367 g/mol. The molecule has 1 aromatic carbocycles. The molecule has 0 radical (unpaired) electrons. The molecule has 2 amide bonds. The second kappa shape index (κ2) is 9.12. The van der Waals surface area contributed by atoms with Crippen LogP contribution in [-0.2, 0) is 16.1 Å². The minimum Gasteiger partial charge on any atom is -0.350 e. The SMILES string of the molecule is C[C@H](NC(=O)[C@@H]1CCCN(c2ncccn2)C1)C(=O)NCc1ccccc1. The fourth-order valence-corrected chi connectivity index (χ4v) is 3.16. The highest BCUT2D eigenvalue weighted by molar-refractivity contribution is 5.88. The maximum Gasteiger partial charge on any atom is 0.242 e. The highest BCUT2D eigenvalue weighted by atomic mass is 16.2. The predicted molar refractivity (Wildman–Crippen MR) is 103 cm³/mol. The standard InChI is InChI=1S/C20H25N5O2/c1-15(18(26)23-13-16-7-3-2-4-8-16)24-19(27)17-9-5-12-25(14-17)20-21-10-6-11-22-20/h2-4,6-8,10-11,15,17H,5,9,12-14H2,1H3,(H,23,26)(H,24,27)/t15-,17+/m0/s1. The lowest BCUT2D eigenvalue weighted by Gasteiger charge is -2.32. The Morgan fingerprint density at radius 2 is 1.93 bits per heavy atom. The number of hydrogen-bond acceptors (Lipinski definition) is 5. The van der Waals surface area contributed by atoms with Crippen molar-refractivity contribution in [3.05, 3.63) is 54.4 Å². The van der Waals surface area contributed by atoms with Crippen molar-refractivity contribution < 1.29 is 9.59 Å². The maximum absolute atomic E-state index is 12.6. The van der Waals surface area contributed by atoms with Gasteiger partial charge in [-0.25, -0.2) is 9.97 Å². The zero-order chi connectivity index (χ0) is 19.1. The van der Waals surface area contributed by atoms with Crippen LogP contribution < -0.4 is 15.5 Å². The minimum atomic E-state index is -0.579. The molecule has 1 saturated heterocycles. The van der Waals surface area contributed by atoms with Gasteiger partial charge in [-0.1, -0.05) is 30.3 Å². The van der Waals surface area contributed by atoms with E-state index in [1.807, 2.05) is 35.2 Å². The zero-order valence-corrected chi connectivity index (χ0v) is 15.5. The number of nitrogens with zero attached hydrogens (tertiary/aromatic N) is 3. The average Bonchev–Trinajstić information content (AvgIpc) is 2.73. The molecule has 1 aliphatic heterocycles. The number of amides is 2. The van der Waals surface area contributed by atoms with Gasteiger partial charge in [0, 0.05) is 32.0 Å². The first-order valence-electron chi connectivity index (χ1n) is 9.27. The Hall–Kier alpha value is -2.96. The Morgan fingerprint density at radius 1 is 1.19 bits per heavy atom. The smallest absolute Gasteiger partial charge is 0.242 e. The third kappa shape index (κ3) is 5.26. The number of anilines is 1. The summed E-state index contributed by atoms with van der Waals surface area (Å²) in [6.45, 7) is 3.55. The summed E-state index contributed by atoms with van der Waals surface area (Å²) in [5, 5.41) is 5.70. The molecule has 1 fully saturated rings. The Morgan fingerprint density at radius 3 is 2.67 bits per heavy atom. The molecule has 27 heavy (non-hydrogen) atoms. The predicted octanol–water partition coefficient (Wildman–Crippen LogP) is 1.51. The van der Waals surface area contributed by atoms with Crippen LogP contribution >= 0.6 is 0 Å². The van der Waals surface area contributed by atoms with Gasteiger partial charge < -0.3 is 15.5 Å². The molecule has 2 N–H and O–H groups in total. The summed E-state index contributed by atoms with van der Waals surface area (Å²) in [5.41, 5.74) is 1.02. The summed E-state index contributed by atoms with van der Waals surface area (Å²) in [5.74, 6) is 0.180. The Kier molecular flexibility index (Phi) is 6.35. The van der Waals surface area contributed by atoms with E-state index in [9.17, 15) is 9.59 Å². The van der Waals surface area contributed by atoms with Crippen molar-refractivity contribution in [2.45, 2.75) is 32.4 Å². The van der Waals surface area contributed by atoms with Crippen molar-refractivity contribution in [2.75, 3.05) is 18.0 Å². The van der Waals surface area contributed by atoms with E-state index in [2.05, 4.69) is 20.6 Å². The van der Waals surface area contributed by atoms with Gasteiger partial charge in [-0.3, -0.25) is 9.59 Å².